The van der Waals surface area contributed by atoms with Gasteiger partial charge in [0, 0.05) is 12.0 Å². The first-order chi connectivity index (χ1) is 11.3. The molecule has 7 nitrogen and oxygen atoms in total. The SMILES string of the molecule is CC(C)[C@H](O)C(C)(C)CNC(=O)Nc1ccccc1-n1ccnn1. The van der Waals surface area contributed by atoms with Crippen LogP contribution in [0.3, 0.4) is 0 Å². The van der Waals surface area contributed by atoms with Gasteiger partial charge in [0.25, 0.3) is 0 Å². The Morgan fingerprint density at radius 1 is 1.33 bits per heavy atom. The van der Waals surface area contributed by atoms with Crippen molar-refractivity contribution in [3.05, 3.63) is 36.7 Å². The zero-order valence-corrected chi connectivity index (χ0v) is 14.5. The number of rotatable bonds is 6. The van der Waals surface area contributed by atoms with Crippen LogP contribution >= 0.6 is 0 Å². The lowest BCUT2D eigenvalue weighted by molar-refractivity contribution is 0.0154. The lowest BCUT2D eigenvalue weighted by atomic mass is 9.81. The van der Waals surface area contributed by atoms with Crippen molar-refractivity contribution in [1.29, 1.82) is 0 Å². The average Bonchev–Trinajstić information content (AvgIpc) is 3.07. The van der Waals surface area contributed by atoms with Crippen LogP contribution in [0.15, 0.2) is 36.7 Å². The van der Waals surface area contributed by atoms with Gasteiger partial charge in [0.15, 0.2) is 0 Å². The summed E-state index contributed by atoms with van der Waals surface area (Å²) in [4.78, 5) is 12.2. The van der Waals surface area contributed by atoms with Gasteiger partial charge < -0.3 is 15.7 Å². The first-order valence-corrected chi connectivity index (χ1v) is 8.00. The Kier molecular flexibility index (Phi) is 5.56. The van der Waals surface area contributed by atoms with Crippen molar-refractivity contribution in [2.75, 3.05) is 11.9 Å². The molecule has 2 aromatic rings. The summed E-state index contributed by atoms with van der Waals surface area (Å²) in [5, 5.41) is 23.6. The number of para-hydroxylation sites is 2. The van der Waals surface area contributed by atoms with E-state index in [0.29, 0.717) is 12.2 Å². The van der Waals surface area contributed by atoms with Gasteiger partial charge in [-0.05, 0) is 18.1 Å². The predicted molar refractivity (Wildman–Crippen MR) is 93.0 cm³/mol. The zero-order chi connectivity index (χ0) is 17.7. The molecule has 0 aliphatic carbocycles. The van der Waals surface area contributed by atoms with Crippen LogP contribution in [0.2, 0.25) is 0 Å². The Morgan fingerprint density at radius 2 is 2.04 bits per heavy atom. The minimum absolute atomic E-state index is 0.123. The highest BCUT2D eigenvalue weighted by Gasteiger charge is 2.30. The summed E-state index contributed by atoms with van der Waals surface area (Å²) in [5.74, 6) is 0.123. The van der Waals surface area contributed by atoms with Gasteiger partial charge in [0.2, 0.25) is 0 Å². The van der Waals surface area contributed by atoms with Gasteiger partial charge in [-0.3, -0.25) is 0 Å². The van der Waals surface area contributed by atoms with Crippen molar-refractivity contribution in [2.45, 2.75) is 33.8 Å². The molecule has 2 amide bonds. The molecule has 0 radical (unpaired) electrons. The molecule has 0 aliphatic heterocycles. The quantitative estimate of drug-likeness (QED) is 0.758. The monoisotopic (exact) mass is 331 g/mol. The van der Waals surface area contributed by atoms with E-state index in [-0.39, 0.29) is 11.9 Å². The smallest absolute Gasteiger partial charge is 0.319 e. The molecular formula is C17H25N5O2. The number of aliphatic hydroxyl groups excluding tert-OH is 1. The Morgan fingerprint density at radius 3 is 2.67 bits per heavy atom. The second-order valence-corrected chi connectivity index (χ2v) is 6.85. The molecule has 3 N–H and O–H groups in total. The van der Waals surface area contributed by atoms with Crippen LogP contribution < -0.4 is 10.6 Å². The maximum atomic E-state index is 12.2. The van der Waals surface area contributed by atoms with Gasteiger partial charge in [-0.2, -0.15) is 0 Å². The molecule has 0 spiro atoms. The predicted octanol–water partition coefficient (Wildman–Crippen LogP) is 2.43. The molecule has 1 aromatic heterocycles. The topological polar surface area (TPSA) is 92.1 Å². The molecule has 24 heavy (non-hydrogen) atoms. The van der Waals surface area contributed by atoms with Gasteiger partial charge >= 0.3 is 6.03 Å². The second-order valence-electron chi connectivity index (χ2n) is 6.85. The van der Waals surface area contributed by atoms with Gasteiger partial charge in [-0.15, -0.1) is 5.10 Å². The Labute approximate surface area is 142 Å². The number of amides is 2. The van der Waals surface area contributed by atoms with E-state index in [0.717, 1.165) is 5.69 Å². The molecule has 1 aromatic carbocycles. The fourth-order valence-electron chi connectivity index (χ4n) is 2.60. The van der Waals surface area contributed by atoms with Crippen molar-refractivity contribution >= 4 is 11.7 Å². The van der Waals surface area contributed by atoms with Crippen molar-refractivity contribution in [3.8, 4) is 5.69 Å². The van der Waals surface area contributed by atoms with Crippen LogP contribution in [0.25, 0.3) is 5.69 Å². The summed E-state index contributed by atoms with van der Waals surface area (Å²) >= 11 is 0. The van der Waals surface area contributed by atoms with Crippen LogP contribution in [-0.2, 0) is 0 Å². The highest BCUT2D eigenvalue weighted by molar-refractivity contribution is 5.91. The Balaban J connectivity index is 2.01. The van der Waals surface area contributed by atoms with E-state index in [9.17, 15) is 9.90 Å². The third kappa shape index (κ3) is 4.32. The second kappa shape index (κ2) is 7.44. The van der Waals surface area contributed by atoms with Crippen LogP contribution in [-0.4, -0.2) is 38.8 Å². The van der Waals surface area contributed by atoms with E-state index >= 15 is 0 Å². The van der Waals surface area contributed by atoms with E-state index in [1.807, 2.05) is 45.9 Å². The lowest BCUT2D eigenvalue weighted by Gasteiger charge is -2.33. The van der Waals surface area contributed by atoms with Crippen LogP contribution in [0, 0.1) is 11.3 Å². The van der Waals surface area contributed by atoms with Crippen molar-refractivity contribution in [1.82, 2.24) is 20.3 Å². The number of benzene rings is 1. The number of hydrogen-bond acceptors (Lipinski definition) is 4. The van der Waals surface area contributed by atoms with Crippen LogP contribution in [0.4, 0.5) is 10.5 Å². The van der Waals surface area contributed by atoms with E-state index < -0.39 is 11.5 Å². The number of aliphatic hydroxyl groups is 1. The van der Waals surface area contributed by atoms with Crippen molar-refractivity contribution < 1.29 is 9.90 Å². The maximum Gasteiger partial charge on any atom is 0.319 e. The molecule has 0 saturated heterocycles. The maximum absolute atomic E-state index is 12.2. The van der Waals surface area contributed by atoms with Crippen LogP contribution in [0.5, 0.6) is 0 Å². The minimum Gasteiger partial charge on any atom is -0.392 e. The Hall–Kier alpha value is -2.41. The minimum atomic E-state index is -0.500. The van der Waals surface area contributed by atoms with E-state index in [1.54, 1.807) is 23.1 Å². The highest BCUT2D eigenvalue weighted by atomic mass is 16.3. The van der Waals surface area contributed by atoms with E-state index in [2.05, 4.69) is 20.9 Å². The third-order valence-electron chi connectivity index (χ3n) is 3.96. The number of urea groups is 1. The molecule has 0 fully saturated rings. The van der Waals surface area contributed by atoms with E-state index in [1.165, 1.54) is 0 Å². The van der Waals surface area contributed by atoms with Gasteiger partial charge in [0.05, 0.1) is 29.9 Å². The largest absolute Gasteiger partial charge is 0.392 e. The molecule has 2 rings (SSSR count). The highest BCUT2D eigenvalue weighted by Crippen LogP contribution is 2.25. The van der Waals surface area contributed by atoms with Gasteiger partial charge in [0.1, 0.15) is 0 Å². The fraction of sp³-hybridized carbons (Fsp3) is 0.471. The lowest BCUT2D eigenvalue weighted by Crippen LogP contribution is -2.44. The molecule has 7 heteroatoms. The molecule has 0 aliphatic rings. The number of anilines is 1. The third-order valence-corrected chi connectivity index (χ3v) is 3.96. The molecular weight excluding hydrogens is 306 g/mol. The molecule has 130 valence electrons. The molecule has 0 unspecified atom stereocenters. The van der Waals surface area contributed by atoms with E-state index in [4.69, 9.17) is 0 Å². The Bertz CT molecular complexity index is 667. The summed E-state index contributed by atoms with van der Waals surface area (Å²) in [6, 6.07) is 7.01. The standard InChI is InChI=1S/C17H25N5O2/c1-12(2)15(23)17(3,4)11-18-16(24)20-13-7-5-6-8-14(13)22-10-9-19-21-22/h5-10,12,15,23H,11H2,1-4H3,(H2,18,20,24)/t15-/m0/s1. The van der Waals surface area contributed by atoms with Gasteiger partial charge in [-0.1, -0.05) is 45.0 Å². The fourth-order valence-corrected chi connectivity index (χ4v) is 2.60. The normalized spacial score (nSPS) is 12.9. The molecule has 0 saturated carbocycles. The summed E-state index contributed by atoms with van der Waals surface area (Å²) in [6.07, 6.45) is 2.79. The number of aromatic nitrogens is 3. The number of carbonyl (C=O) groups is 1. The first-order valence-electron chi connectivity index (χ1n) is 8.00. The molecule has 1 atom stereocenters. The number of nitrogens with one attached hydrogen (secondary N) is 2. The number of nitrogens with zero attached hydrogens (tertiary/aromatic N) is 3. The van der Waals surface area contributed by atoms with Gasteiger partial charge in [-0.25, -0.2) is 9.48 Å². The molecule has 0 bridgehead atoms. The van der Waals surface area contributed by atoms with Crippen molar-refractivity contribution in [2.24, 2.45) is 11.3 Å². The summed E-state index contributed by atoms with van der Waals surface area (Å²) in [7, 11) is 0. The number of carbonyl (C=O) groups excluding carboxylic acids is 1. The number of hydrogen-bond donors (Lipinski definition) is 3. The summed E-state index contributed by atoms with van der Waals surface area (Å²) < 4.78 is 1.59. The summed E-state index contributed by atoms with van der Waals surface area (Å²) in [6.45, 7) is 8.15. The van der Waals surface area contributed by atoms with Crippen molar-refractivity contribution in [3.63, 3.8) is 0 Å². The summed E-state index contributed by atoms with van der Waals surface area (Å²) in [5.41, 5.74) is 0.936. The first kappa shape index (κ1) is 17.9. The molecule has 1 heterocycles. The van der Waals surface area contributed by atoms with Crippen LogP contribution in [0.1, 0.15) is 27.7 Å². The zero-order valence-electron chi connectivity index (χ0n) is 14.5. The average molecular weight is 331 g/mol.